The summed E-state index contributed by atoms with van der Waals surface area (Å²) in [5, 5.41) is 0. The Kier molecular flexibility index (Phi) is 17.9. The largest absolute Gasteiger partial charge is 0.488 e. The Labute approximate surface area is 397 Å². The van der Waals surface area contributed by atoms with Crippen LogP contribution >= 0.6 is 34.4 Å². The maximum Gasteiger partial charge on any atom is 0.333 e. The van der Waals surface area contributed by atoms with Crippen molar-refractivity contribution in [2.75, 3.05) is 66.1 Å². The Morgan fingerprint density at radius 1 is 0.662 bits per heavy atom. The van der Waals surface area contributed by atoms with Crippen LogP contribution in [0, 0.1) is 36.5 Å². The molecule has 3 aromatic heterocycles. The summed E-state index contributed by atoms with van der Waals surface area (Å²) >= 11 is 4.28. The highest BCUT2D eigenvalue weighted by Crippen LogP contribution is 2.60. The lowest BCUT2D eigenvalue weighted by atomic mass is 9.91. The molecule has 15 heteroatoms. The van der Waals surface area contributed by atoms with Gasteiger partial charge < -0.3 is 37.9 Å². The first-order valence-electron chi connectivity index (χ1n) is 23.1. The van der Waals surface area contributed by atoms with Crippen molar-refractivity contribution in [3.8, 4) is 43.2 Å². The zero-order valence-corrected chi connectivity index (χ0v) is 42.1. The van der Waals surface area contributed by atoms with Gasteiger partial charge >= 0.3 is 11.9 Å². The van der Waals surface area contributed by atoms with Gasteiger partial charge in [0.05, 0.1) is 45.0 Å². The maximum absolute atomic E-state index is 12.6. The van der Waals surface area contributed by atoms with E-state index in [0.29, 0.717) is 74.5 Å². The highest BCUT2D eigenvalue weighted by atomic mass is 32.1. The van der Waals surface area contributed by atoms with Crippen molar-refractivity contribution in [2.45, 2.75) is 107 Å². The molecule has 2 aliphatic heterocycles. The minimum atomic E-state index is -1.04. The molecule has 0 bridgehead atoms. The molecule has 0 saturated heterocycles. The number of ether oxygens (including phenoxy) is 8. The SMILES string of the molecule is C=C(C)C(=O)OCC1(COC(=O)C(=C)C)COc2c(C)sc(-c3sc(-c4ccc(C)c5nsnc45)c4c3OCC(COCC(CC)CCCC)(COCC(CC)CCCC)CO4)c2OC1. The summed E-state index contributed by atoms with van der Waals surface area (Å²) < 4.78 is 61.5. The molecule has 0 radical (unpaired) electrons. The van der Waals surface area contributed by atoms with Crippen LogP contribution in [0.2, 0.25) is 0 Å². The Bertz CT molecular complexity index is 2220. The number of unbranched alkanes of at least 4 members (excludes halogenated alkanes) is 2. The quantitative estimate of drug-likeness (QED) is 0.0489. The van der Waals surface area contributed by atoms with Crippen molar-refractivity contribution in [2.24, 2.45) is 22.7 Å². The molecular weight excluding hydrogens is 885 g/mol. The van der Waals surface area contributed by atoms with Gasteiger partial charge in [-0.05, 0) is 57.9 Å². The molecule has 0 N–H and O–H groups in total. The van der Waals surface area contributed by atoms with Crippen LogP contribution in [0.1, 0.15) is 103 Å². The van der Waals surface area contributed by atoms with E-state index >= 15 is 0 Å². The number of fused-ring (bicyclic) bond motifs is 3. The second-order valence-electron chi connectivity index (χ2n) is 18.2. The van der Waals surface area contributed by atoms with Crippen LogP contribution in [0.5, 0.6) is 23.0 Å². The smallest absolute Gasteiger partial charge is 0.333 e. The van der Waals surface area contributed by atoms with Gasteiger partial charge in [0.25, 0.3) is 0 Å². The third kappa shape index (κ3) is 12.1. The molecular formula is C50H68N2O10S3. The number of esters is 2. The van der Waals surface area contributed by atoms with Crippen molar-refractivity contribution < 1.29 is 47.5 Å². The first-order valence-corrected chi connectivity index (χ1v) is 25.5. The minimum Gasteiger partial charge on any atom is -0.488 e. The Hall–Kier alpha value is -4.02. The molecule has 65 heavy (non-hydrogen) atoms. The van der Waals surface area contributed by atoms with Crippen molar-refractivity contribution in [3.05, 3.63) is 46.9 Å². The molecule has 0 amide bonds. The van der Waals surface area contributed by atoms with Gasteiger partial charge in [0.2, 0.25) is 0 Å². The number of carbonyl (C=O) groups excluding carboxylic acids is 2. The minimum absolute atomic E-state index is 0.0166. The van der Waals surface area contributed by atoms with E-state index in [1.807, 2.05) is 13.8 Å². The number of aromatic nitrogens is 2. The van der Waals surface area contributed by atoms with E-state index in [2.05, 4.69) is 57.4 Å². The van der Waals surface area contributed by atoms with Crippen molar-refractivity contribution in [3.63, 3.8) is 0 Å². The Morgan fingerprint density at radius 3 is 1.63 bits per heavy atom. The lowest BCUT2D eigenvalue weighted by Gasteiger charge is -2.32. The van der Waals surface area contributed by atoms with Crippen LogP contribution in [0.15, 0.2) is 36.4 Å². The van der Waals surface area contributed by atoms with Crippen LogP contribution < -0.4 is 18.9 Å². The number of hydrogen-bond acceptors (Lipinski definition) is 15. The fraction of sp³-hybridized carbons (Fsp3) is 0.600. The fourth-order valence-corrected chi connectivity index (χ4v) is 10.9. The van der Waals surface area contributed by atoms with Gasteiger partial charge in [-0.15, -0.1) is 22.7 Å². The summed E-state index contributed by atoms with van der Waals surface area (Å²) in [6, 6.07) is 4.15. The molecule has 12 nitrogen and oxygen atoms in total. The summed E-state index contributed by atoms with van der Waals surface area (Å²) in [5.74, 6) is 2.13. The number of hydrogen-bond donors (Lipinski definition) is 0. The predicted octanol–water partition coefficient (Wildman–Crippen LogP) is 12.0. The van der Waals surface area contributed by atoms with E-state index in [1.165, 1.54) is 24.6 Å². The van der Waals surface area contributed by atoms with Crippen LogP contribution in [-0.4, -0.2) is 86.8 Å². The zero-order valence-electron chi connectivity index (χ0n) is 39.7. The van der Waals surface area contributed by atoms with Crippen LogP contribution in [-0.2, 0) is 28.5 Å². The highest BCUT2D eigenvalue weighted by molar-refractivity contribution is 7.25. The van der Waals surface area contributed by atoms with Gasteiger partial charge in [0.1, 0.15) is 56.1 Å². The van der Waals surface area contributed by atoms with Crippen LogP contribution in [0.25, 0.3) is 31.2 Å². The van der Waals surface area contributed by atoms with E-state index in [4.69, 9.17) is 42.3 Å². The first-order chi connectivity index (χ1) is 31.3. The molecule has 2 atom stereocenters. The maximum atomic E-state index is 12.6. The monoisotopic (exact) mass is 952 g/mol. The molecule has 1 aromatic carbocycles. The summed E-state index contributed by atoms with van der Waals surface area (Å²) in [6.45, 7) is 26.2. The highest BCUT2D eigenvalue weighted by Gasteiger charge is 2.43. The van der Waals surface area contributed by atoms with Crippen LogP contribution in [0.4, 0.5) is 0 Å². The third-order valence-corrected chi connectivity index (χ3v) is 15.2. The van der Waals surface area contributed by atoms with Gasteiger partial charge in [-0.1, -0.05) is 91.5 Å². The number of benzene rings is 1. The third-order valence-electron chi connectivity index (χ3n) is 12.3. The summed E-state index contributed by atoms with van der Waals surface area (Å²) in [6.07, 6.45) is 9.06. The van der Waals surface area contributed by atoms with Gasteiger partial charge in [0, 0.05) is 34.8 Å². The lowest BCUT2D eigenvalue weighted by molar-refractivity contribution is -0.152. The van der Waals surface area contributed by atoms with E-state index in [1.54, 1.807) is 36.5 Å². The molecule has 4 aromatic rings. The van der Waals surface area contributed by atoms with Gasteiger partial charge in [-0.3, -0.25) is 0 Å². The molecule has 0 aliphatic carbocycles. The predicted molar refractivity (Wildman–Crippen MR) is 260 cm³/mol. The van der Waals surface area contributed by atoms with E-state index in [9.17, 15) is 9.59 Å². The van der Waals surface area contributed by atoms with E-state index in [-0.39, 0.29) is 37.6 Å². The number of aryl methyl sites for hydroxylation is 2. The number of nitrogens with zero attached hydrogens (tertiary/aromatic N) is 2. The zero-order chi connectivity index (χ0) is 46.7. The number of carbonyl (C=O) groups is 2. The lowest BCUT2D eigenvalue weighted by Crippen LogP contribution is -2.43. The van der Waals surface area contributed by atoms with Crippen molar-refractivity contribution in [1.82, 2.24) is 8.75 Å². The molecule has 2 aliphatic rings. The first kappa shape index (κ1) is 50.4. The molecule has 2 unspecified atom stereocenters. The standard InChI is InChI=1S/C50H68N2O10S3/c1-11-15-17-35(13-3)21-55-23-49(24-56-22-36(14-4)18-16-12-2)25-59-42-43(60-26-49)46(64-44(42)37-20-19-33(9)38-39(37)52-65-51-38)45-41-40(34(10)63-45)57-27-50(28-58-41,29-61-47(53)31(5)6)30-62-48(54)32(7)8/h19-20,35-36H,5,7,11-18,21-30H2,1-4,6,8-10H3. The van der Waals surface area contributed by atoms with Crippen molar-refractivity contribution >= 4 is 57.4 Å². The number of thiophene rings is 2. The summed E-state index contributed by atoms with van der Waals surface area (Å²) in [7, 11) is 0. The van der Waals surface area contributed by atoms with E-state index < -0.39 is 22.8 Å². The molecule has 0 fully saturated rings. The Balaban J connectivity index is 1.39. The van der Waals surface area contributed by atoms with E-state index in [0.717, 1.165) is 80.2 Å². The topological polar surface area (TPSA) is 134 Å². The normalized spacial score (nSPS) is 17.5. The molecule has 0 saturated carbocycles. The fourth-order valence-electron chi connectivity index (χ4n) is 7.89. The number of rotatable bonds is 24. The Morgan fingerprint density at radius 2 is 1.12 bits per heavy atom. The molecule has 0 spiro atoms. The van der Waals surface area contributed by atoms with Gasteiger partial charge in [0.15, 0.2) is 23.0 Å². The average Bonchev–Trinajstić information content (AvgIpc) is 3.94. The van der Waals surface area contributed by atoms with Crippen molar-refractivity contribution in [1.29, 1.82) is 0 Å². The molecule has 6 rings (SSSR count). The molecule has 356 valence electrons. The summed E-state index contributed by atoms with van der Waals surface area (Å²) in [5.41, 5.74) is 2.43. The van der Waals surface area contributed by atoms with Gasteiger partial charge in [-0.25, -0.2) is 9.59 Å². The molecule has 5 heterocycles. The second kappa shape index (κ2) is 23.1. The second-order valence-corrected chi connectivity index (χ2v) is 21.0. The van der Waals surface area contributed by atoms with Crippen LogP contribution in [0.3, 0.4) is 0 Å². The average molecular weight is 953 g/mol. The summed E-state index contributed by atoms with van der Waals surface area (Å²) in [4.78, 5) is 28.6. The van der Waals surface area contributed by atoms with Gasteiger partial charge in [-0.2, -0.15) is 8.75 Å².